The average Bonchev–Trinajstić information content (AvgIpc) is 3.16. The van der Waals surface area contributed by atoms with Gasteiger partial charge in [-0.1, -0.05) is 41.9 Å². The van der Waals surface area contributed by atoms with E-state index in [9.17, 15) is 4.79 Å². The summed E-state index contributed by atoms with van der Waals surface area (Å²) >= 11 is 6.16. The molecule has 3 heterocycles. The second-order valence-electron chi connectivity index (χ2n) is 5.84. The van der Waals surface area contributed by atoms with Crippen molar-refractivity contribution in [1.29, 1.82) is 0 Å². The maximum absolute atomic E-state index is 12.5. The van der Waals surface area contributed by atoms with E-state index in [0.29, 0.717) is 28.0 Å². The Morgan fingerprint density at radius 3 is 2.62 bits per heavy atom. The molecule has 0 aliphatic rings. The zero-order chi connectivity index (χ0) is 18.3. The van der Waals surface area contributed by atoms with E-state index >= 15 is 0 Å². The van der Waals surface area contributed by atoms with Crippen molar-refractivity contribution in [2.75, 3.05) is 5.32 Å². The van der Waals surface area contributed by atoms with Crippen LogP contribution in [0.4, 0.5) is 5.82 Å². The van der Waals surface area contributed by atoms with Crippen molar-refractivity contribution in [1.82, 2.24) is 24.1 Å². The lowest BCUT2D eigenvalue weighted by Gasteiger charge is -2.05. The molecule has 3 aromatic heterocycles. The molecule has 0 atom stereocenters. The van der Waals surface area contributed by atoms with Crippen molar-refractivity contribution in [2.45, 2.75) is 6.92 Å². The van der Waals surface area contributed by atoms with E-state index in [4.69, 9.17) is 11.6 Å². The molecule has 0 radical (unpaired) electrons. The average molecular weight is 367 g/mol. The number of nitrogens with zero attached hydrogens (tertiary/aromatic N) is 5. The molecule has 1 N–H and O–H groups in total. The van der Waals surface area contributed by atoms with Crippen molar-refractivity contribution >= 4 is 29.1 Å². The Kier molecular flexibility index (Phi) is 3.93. The number of amides is 1. The van der Waals surface area contributed by atoms with E-state index in [-0.39, 0.29) is 5.91 Å². The third-order valence-electron chi connectivity index (χ3n) is 4.00. The monoisotopic (exact) mass is 366 g/mol. The normalized spacial score (nSPS) is 11.0. The van der Waals surface area contributed by atoms with Gasteiger partial charge in [0.05, 0.1) is 16.4 Å². The molecule has 0 saturated heterocycles. The zero-order valence-corrected chi connectivity index (χ0v) is 14.9. The van der Waals surface area contributed by atoms with Crippen LogP contribution in [0.5, 0.6) is 0 Å². The van der Waals surface area contributed by atoms with Gasteiger partial charge < -0.3 is 5.32 Å². The third-order valence-corrected chi connectivity index (χ3v) is 4.45. The Morgan fingerprint density at radius 2 is 1.92 bits per heavy atom. The number of rotatable bonds is 3. The summed E-state index contributed by atoms with van der Waals surface area (Å²) in [6.45, 7) is 1.75. The standard InChI is InChI=1S/C18H15ClN6O/c1-11-15(19)16(24(2)23-11)17(26)21-14-8-9-25-10-13(20-18(25)22-14)12-6-4-3-5-7-12/h3-10H,1-2H3,(H,20,21,22,26). The molecule has 130 valence electrons. The highest BCUT2D eigenvalue weighted by Gasteiger charge is 2.19. The predicted molar refractivity (Wildman–Crippen MR) is 99.3 cm³/mol. The molecule has 0 aliphatic carbocycles. The fraction of sp³-hybridized carbons (Fsp3) is 0.111. The molecule has 7 nitrogen and oxygen atoms in total. The molecule has 0 spiro atoms. The molecule has 26 heavy (non-hydrogen) atoms. The lowest BCUT2D eigenvalue weighted by atomic mass is 10.2. The van der Waals surface area contributed by atoms with Crippen LogP contribution in [0.1, 0.15) is 16.2 Å². The fourth-order valence-electron chi connectivity index (χ4n) is 2.74. The molecule has 4 rings (SSSR count). The van der Waals surface area contributed by atoms with Crippen LogP contribution in [0.25, 0.3) is 17.0 Å². The van der Waals surface area contributed by atoms with Crippen molar-refractivity contribution in [3.8, 4) is 11.3 Å². The first kappa shape index (κ1) is 16.3. The smallest absolute Gasteiger partial charge is 0.276 e. The molecule has 0 bridgehead atoms. The molecule has 1 amide bonds. The number of halogens is 1. The first-order chi connectivity index (χ1) is 12.5. The van der Waals surface area contributed by atoms with Gasteiger partial charge in [-0.05, 0) is 13.0 Å². The van der Waals surface area contributed by atoms with Gasteiger partial charge in [0.15, 0.2) is 0 Å². The predicted octanol–water partition coefficient (Wildman–Crippen LogP) is 3.34. The third kappa shape index (κ3) is 2.82. The maximum Gasteiger partial charge on any atom is 0.276 e. The molecule has 8 heteroatoms. The highest BCUT2D eigenvalue weighted by molar-refractivity contribution is 6.34. The molecular formula is C18H15ClN6O. The number of aromatic nitrogens is 5. The van der Waals surface area contributed by atoms with Crippen LogP contribution >= 0.6 is 11.6 Å². The minimum absolute atomic E-state index is 0.291. The number of fused-ring (bicyclic) bond motifs is 1. The second-order valence-corrected chi connectivity index (χ2v) is 6.22. The van der Waals surface area contributed by atoms with Crippen molar-refractivity contribution < 1.29 is 4.79 Å². The zero-order valence-electron chi connectivity index (χ0n) is 14.1. The molecule has 0 unspecified atom stereocenters. The van der Waals surface area contributed by atoms with Crippen LogP contribution in [0, 0.1) is 6.92 Å². The van der Waals surface area contributed by atoms with Gasteiger partial charge in [-0.15, -0.1) is 0 Å². The number of hydrogen-bond acceptors (Lipinski definition) is 4. The van der Waals surface area contributed by atoms with Crippen LogP contribution in [-0.4, -0.2) is 30.1 Å². The summed E-state index contributed by atoms with van der Waals surface area (Å²) < 4.78 is 3.26. The Hall–Kier alpha value is -3.19. The molecule has 0 fully saturated rings. The van der Waals surface area contributed by atoms with Crippen LogP contribution in [0.15, 0.2) is 48.8 Å². The molecule has 1 aromatic carbocycles. The van der Waals surface area contributed by atoms with Gasteiger partial charge >= 0.3 is 0 Å². The summed E-state index contributed by atoms with van der Waals surface area (Å²) in [6, 6.07) is 11.5. The number of carbonyl (C=O) groups excluding carboxylic acids is 1. The second kappa shape index (κ2) is 6.27. The van der Waals surface area contributed by atoms with Gasteiger partial charge in [-0.2, -0.15) is 10.1 Å². The number of imidazole rings is 1. The van der Waals surface area contributed by atoms with E-state index in [0.717, 1.165) is 11.3 Å². The quantitative estimate of drug-likeness (QED) is 0.603. The number of aryl methyl sites for hydroxylation is 2. The van der Waals surface area contributed by atoms with Crippen molar-refractivity contribution in [3.05, 3.63) is 65.2 Å². The van der Waals surface area contributed by atoms with Crippen LogP contribution in [-0.2, 0) is 7.05 Å². The van der Waals surface area contributed by atoms with Crippen molar-refractivity contribution in [2.24, 2.45) is 7.05 Å². The fourth-order valence-corrected chi connectivity index (χ4v) is 2.99. The van der Waals surface area contributed by atoms with E-state index in [1.807, 2.05) is 36.5 Å². The summed E-state index contributed by atoms with van der Waals surface area (Å²) in [5, 5.41) is 7.22. The summed E-state index contributed by atoms with van der Waals surface area (Å²) in [6.07, 6.45) is 3.69. The summed E-state index contributed by atoms with van der Waals surface area (Å²) in [4.78, 5) is 21.4. The maximum atomic E-state index is 12.5. The van der Waals surface area contributed by atoms with Gasteiger partial charge in [0.2, 0.25) is 5.78 Å². The molecule has 0 aliphatic heterocycles. The van der Waals surface area contributed by atoms with E-state index in [1.54, 1.807) is 30.6 Å². The minimum Gasteiger partial charge on any atom is -0.305 e. The van der Waals surface area contributed by atoms with Crippen LogP contribution in [0.2, 0.25) is 5.02 Å². The largest absolute Gasteiger partial charge is 0.305 e. The van der Waals surface area contributed by atoms with Crippen molar-refractivity contribution in [3.63, 3.8) is 0 Å². The van der Waals surface area contributed by atoms with Gasteiger partial charge in [0.1, 0.15) is 11.5 Å². The van der Waals surface area contributed by atoms with Gasteiger partial charge in [-0.25, -0.2) is 4.98 Å². The van der Waals surface area contributed by atoms with E-state index < -0.39 is 0 Å². The van der Waals surface area contributed by atoms with Crippen LogP contribution < -0.4 is 5.32 Å². The van der Waals surface area contributed by atoms with Gasteiger partial charge in [0, 0.05) is 25.0 Å². The summed E-state index contributed by atoms with van der Waals surface area (Å²) in [5.41, 5.74) is 2.70. The number of anilines is 1. The number of carbonyl (C=O) groups is 1. The minimum atomic E-state index is -0.371. The first-order valence-corrected chi connectivity index (χ1v) is 8.32. The summed E-state index contributed by atoms with van der Waals surface area (Å²) in [7, 11) is 1.67. The number of benzene rings is 1. The molecule has 0 saturated carbocycles. The molecule has 4 aromatic rings. The first-order valence-electron chi connectivity index (χ1n) is 7.94. The van der Waals surface area contributed by atoms with Gasteiger partial charge in [-0.3, -0.25) is 13.9 Å². The van der Waals surface area contributed by atoms with E-state index in [2.05, 4.69) is 20.4 Å². The highest BCUT2D eigenvalue weighted by Crippen LogP contribution is 2.21. The lowest BCUT2D eigenvalue weighted by Crippen LogP contribution is -2.17. The Bertz CT molecular complexity index is 1120. The highest BCUT2D eigenvalue weighted by atomic mass is 35.5. The molecular weight excluding hydrogens is 352 g/mol. The number of nitrogens with one attached hydrogen (secondary N) is 1. The summed E-state index contributed by atoms with van der Waals surface area (Å²) in [5.74, 6) is 0.515. The topological polar surface area (TPSA) is 77.1 Å². The SMILES string of the molecule is Cc1nn(C)c(C(=O)Nc2ccn3cc(-c4ccccc4)nc3n2)c1Cl. The number of hydrogen-bond donors (Lipinski definition) is 1. The van der Waals surface area contributed by atoms with E-state index in [1.165, 1.54) is 4.68 Å². The van der Waals surface area contributed by atoms with Gasteiger partial charge in [0.25, 0.3) is 5.91 Å². The Morgan fingerprint density at radius 1 is 1.15 bits per heavy atom. The Balaban J connectivity index is 1.64. The van der Waals surface area contributed by atoms with Crippen LogP contribution in [0.3, 0.4) is 0 Å². The Labute approximate surface area is 154 Å². The lowest BCUT2D eigenvalue weighted by molar-refractivity contribution is 0.101.